The summed E-state index contributed by atoms with van der Waals surface area (Å²) in [6, 6.07) is 46.2. The highest BCUT2D eigenvalue weighted by Crippen LogP contribution is 2.50. The molecule has 5 nitrogen and oxygen atoms in total. The quantitative estimate of drug-likeness (QED) is 0.155. The Morgan fingerprint density at radius 2 is 0.956 bits per heavy atom. The topological polar surface area (TPSA) is 49.9 Å². The molecule has 0 fully saturated rings. The first-order valence-corrected chi connectivity index (χ1v) is 14.6. The zero-order valence-electron chi connectivity index (χ0n) is 24.0. The van der Waals surface area contributed by atoms with Crippen LogP contribution in [0.5, 0.6) is 11.5 Å². The van der Waals surface area contributed by atoms with Gasteiger partial charge in [-0.1, -0.05) is 96.8 Å². The highest BCUT2D eigenvalue weighted by molar-refractivity contribution is 6.36. The van der Waals surface area contributed by atoms with Crippen molar-refractivity contribution in [2.24, 2.45) is 0 Å². The molecule has 0 unspecified atom stereocenters. The SMILES string of the molecule is O=C1c2cccc(-c3ccccc3C#Cc3ccccc3N3c4ccccc4Oc4ccccc43)c2C(=O)N1c1ccccc1. The van der Waals surface area contributed by atoms with E-state index >= 15 is 0 Å². The Bertz CT molecular complexity index is 2170. The third-order valence-corrected chi connectivity index (χ3v) is 8.06. The summed E-state index contributed by atoms with van der Waals surface area (Å²) in [6.45, 7) is 0. The van der Waals surface area contributed by atoms with Crippen LogP contribution in [0.4, 0.5) is 22.7 Å². The van der Waals surface area contributed by atoms with Crippen LogP contribution in [-0.4, -0.2) is 11.8 Å². The number of para-hydroxylation sites is 6. The molecule has 0 N–H and O–H groups in total. The summed E-state index contributed by atoms with van der Waals surface area (Å²) in [5, 5.41) is 0. The number of rotatable bonds is 3. The maximum Gasteiger partial charge on any atom is 0.266 e. The van der Waals surface area contributed by atoms with Crippen molar-refractivity contribution in [3.8, 4) is 34.5 Å². The Morgan fingerprint density at radius 3 is 1.69 bits per heavy atom. The van der Waals surface area contributed by atoms with E-state index in [0.29, 0.717) is 22.4 Å². The predicted molar refractivity (Wildman–Crippen MR) is 177 cm³/mol. The molecule has 45 heavy (non-hydrogen) atoms. The lowest BCUT2D eigenvalue weighted by molar-refractivity contribution is 0.0926. The van der Waals surface area contributed by atoms with Gasteiger partial charge in [-0.2, -0.15) is 0 Å². The normalized spacial score (nSPS) is 12.9. The molecule has 2 aliphatic rings. The molecule has 2 aliphatic heterocycles. The lowest BCUT2D eigenvalue weighted by Gasteiger charge is -2.33. The standard InChI is InChI=1S/C40H24N2O3/c43-39-32-19-12-18-31(38(32)40(44)41(39)29-15-2-1-3-16-29)30-17-6-4-13-27(30)25-26-28-14-5-7-20-33(28)42-34-21-8-10-23-36(34)45-37-24-11-9-22-35(37)42/h1-24H. The summed E-state index contributed by atoms with van der Waals surface area (Å²) in [5.41, 5.74) is 7.16. The third kappa shape index (κ3) is 4.36. The molecule has 2 heterocycles. The smallest absolute Gasteiger partial charge is 0.266 e. The van der Waals surface area contributed by atoms with Gasteiger partial charge < -0.3 is 9.64 Å². The molecule has 0 aromatic heterocycles. The molecular formula is C40H24N2O3. The van der Waals surface area contributed by atoms with Crippen molar-refractivity contribution in [3.05, 3.63) is 168 Å². The summed E-state index contributed by atoms with van der Waals surface area (Å²) in [7, 11) is 0. The van der Waals surface area contributed by atoms with Crippen LogP contribution in [-0.2, 0) is 0 Å². The number of fused-ring (bicyclic) bond motifs is 3. The number of ether oxygens (including phenoxy) is 1. The van der Waals surface area contributed by atoms with E-state index < -0.39 is 0 Å². The molecule has 0 saturated heterocycles. The van der Waals surface area contributed by atoms with Gasteiger partial charge in [0, 0.05) is 11.1 Å². The van der Waals surface area contributed by atoms with Gasteiger partial charge in [-0.15, -0.1) is 0 Å². The van der Waals surface area contributed by atoms with Crippen LogP contribution in [0, 0.1) is 11.8 Å². The minimum Gasteiger partial charge on any atom is -0.453 e. The van der Waals surface area contributed by atoms with Gasteiger partial charge in [0.25, 0.3) is 11.8 Å². The van der Waals surface area contributed by atoms with Crippen molar-refractivity contribution in [1.29, 1.82) is 0 Å². The highest BCUT2D eigenvalue weighted by Gasteiger charge is 2.38. The van der Waals surface area contributed by atoms with Crippen molar-refractivity contribution in [1.82, 2.24) is 0 Å². The van der Waals surface area contributed by atoms with Crippen molar-refractivity contribution in [3.63, 3.8) is 0 Å². The number of carbonyl (C=O) groups is 2. The maximum absolute atomic E-state index is 13.8. The first-order valence-electron chi connectivity index (χ1n) is 14.6. The second-order valence-electron chi connectivity index (χ2n) is 10.7. The van der Waals surface area contributed by atoms with Crippen LogP contribution in [0.1, 0.15) is 31.8 Å². The van der Waals surface area contributed by atoms with E-state index in [2.05, 4.69) is 22.8 Å². The average molecular weight is 581 g/mol. The van der Waals surface area contributed by atoms with Gasteiger partial charge in [-0.3, -0.25) is 9.59 Å². The van der Waals surface area contributed by atoms with Crippen LogP contribution < -0.4 is 14.5 Å². The van der Waals surface area contributed by atoms with E-state index in [0.717, 1.165) is 45.3 Å². The number of imide groups is 1. The number of hydrogen-bond acceptors (Lipinski definition) is 4. The number of carbonyl (C=O) groups excluding carboxylic acids is 2. The molecular weight excluding hydrogens is 556 g/mol. The fraction of sp³-hybridized carbons (Fsp3) is 0. The van der Waals surface area contributed by atoms with Gasteiger partial charge >= 0.3 is 0 Å². The Balaban J connectivity index is 1.23. The maximum atomic E-state index is 13.8. The van der Waals surface area contributed by atoms with Crippen molar-refractivity contribution in [2.75, 3.05) is 9.80 Å². The van der Waals surface area contributed by atoms with E-state index in [4.69, 9.17) is 4.74 Å². The fourth-order valence-corrected chi connectivity index (χ4v) is 6.02. The molecule has 0 radical (unpaired) electrons. The molecule has 2 amide bonds. The minimum absolute atomic E-state index is 0.327. The average Bonchev–Trinajstić information content (AvgIpc) is 3.36. The number of nitrogens with zero attached hydrogens (tertiary/aromatic N) is 2. The van der Waals surface area contributed by atoms with E-state index in [1.54, 1.807) is 18.2 Å². The zero-order chi connectivity index (χ0) is 30.3. The second kappa shape index (κ2) is 10.7. The minimum atomic E-state index is -0.338. The van der Waals surface area contributed by atoms with Gasteiger partial charge in [0.15, 0.2) is 11.5 Å². The molecule has 6 aromatic carbocycles. The largest absolute Gasteiger partial charge is 0.453 e. The molecule has 0 spiro atoms. The van der Waals surface area contributed by atoms with Gasteiger partial charge in [-0.05, 0) is 71.8 Å². The highest BCUT2D eigenvalue weighted by atomic mass is 16.5. The number of benzene rings is 6. The Kier molecular flexibility index (Phi) is 6.25. The first kappa shape index (κ1) is 26.3. The molecule has 0 saturated carbocycles. The van der Waals surface area contributed by atoms with Gasteiger partial charge in [-0.25, -0.2) is 4.90 Å². The Labute approximate surface area is 260 Å². The first-order chi connectivity index (χ1) is 22.2. The van der Waals surface area contributed by atoms with Crippen LogP contribution in [0.3, 0.4) is 0 Å². The van der Waals surface area contributed by atoms with Crippen LogP contribution >= 0.6 is 0 Å². The second-order valence-corrected chi connectivity index (χ2v) is 10.7. The predicted octanol–water partition coefficient (Wildman–Crippen LogP) is 9.13. The van der Waals surface area contributed by atoms with Gasteiger partial charge in [0.1, 0.15) is 0 Å². The summed E-state index contributed by atoms with van der Waals surface area (Å²) >= 11 is 0. The third-order valence-electron chi connectivity index (χ3n) is 8.06. The summed E-state index contributed by atoms with van der Waals surface area (Å²) in [5.74, 6) is 7.70. The van der Waals surface area contributed by atoms with Gasteiger partial charge in [0.2, 0.25) is 0 Å². The number of hydrogen-bond donors (Lipinski definition) is 0. The van der Waals surface area contributed by atoms with E-state index in [1.807, 2.05) is 121 Å². The molecule has 0 bridgehead atoms. The molecule has 0 aliphatic carbocycles. The van der Waals surface area contributed by atoms with Crippen molar-refractivity contribution in [2.45, 2.75) is 0 Å². The molecule has 6 aromatic rings. The molecule has 5 heteroatoms. The number of amides is 2. The fourth-order valence-electron chi connectivity index (χ4n) is 6.02. The van der Waals surface area contributed by atoms with E-state index in [1.165, 1.54) is 4.90 Å². The van der Waals surface area contributed by atoms with Crippen LogP contribution in [0.15, 0.2) is 146 Å². The lowest BCUT2D eigenvalue weighted by Crippen LogP contribution is -2.29. The lowest BCUT2D eigenvalue weighted by atomic mass is 9.93. The summed E-state index contributed by atoms with van der Waals surface area (Å²) in [4.78, 5) is 30.6. The van der Waals surface area contributed by atoms with Crippen molar-refractivity contribution < 1.29 is 14.3 Å². The van der Waals surface area contributed by atoms with Crippen molar-refractivity contribution >= 4 is 34.6 Å². The summed E-state index contributed by atoms with van der Waals surface area (Å²) in [6.07, 6.45) is 0. The van der Waals surface area contributed by atoms with Gasteiger partial charge in [0.05, 0.1) is 33.9 Å². The molecule has 212 valence electrons. The van der Waals surface area contributed by atoms with Crippen LogP contribution in [0.2, 0.25) is 0 Å². The van der Waals surface area contributed by atoms with E-state index in [-0.39, 0.29) is 11.8 Å². The number of anilines is 4. The summed E-state index contributed by atoms with van der Waals surface area (Å²) < 4.78 is 6.22. The Morgan fingerprint density at radius 1 is 0.422 bits per heavy atom. The molecule has 8 rings (SSSR count). The molecule has 0 atom stereocenters. The monoisotopic (exact) mass is 580 g/mol. The Hall–Kier alpha value is -6.38. The zero-order valence-corrected chi connectivity index (χ0v) is 24.0. The van der Waals surface area contributed by atoms with Crippen LogP contribution in [0.25, 0.3) is 11.1 Å². The van der Waals surface area contributed by atoms with E-state index in [9.17, 15) is 9.59 Å².